The van der Waals surface area contributed by atoms with Crippen molar-refractivity contribution in [3.8, 4) is 0 Å². The second kappa shape index (κ2) is 8.57. The van der Waals surface area contributed by atoms with Crippen molar-refractivity contribution >= 4 is 5.91 Å². The van der Waals surface area contributed by atoms with E-state index in [1.54, 1.807) is 24.5 Å². The molecule has 128 valence electrons. The molecule has 2 rings (SSSR count). The summed E-state index contributed by atoms with van der Waals surface area (Å²) in [4.78, 5) is 18.7. The van der Waals surface area contributed by atoms with E-state index >= 15 is 0 Å². The van der Waals surface area contributed by atoms with Crippen LogP contribution >= 0.6 is 0 Å². The van der Waals surface area contributed by atoms with Gasteiger partial charge in [-0.1, -0.05) is 26.0 Å². The third kappa shape index (κ3) is 4.40. The number of rotatable bonds is 7. The third-order valence-corrected chi connectivity index (χ3v) is 4.49. The minimum absolute atomic E-state index is 0.0174. The van der Waals surface area contributed by atoms with Crippen LogP contribution in [0.1, 0.15) is 55.5 Å². The van der Waals surface area contributed by atoms with E-state index in [0.717, 1.165) is 18.4 Å². The van der Waals surface area contributed by atoms with Gasteiger partial charge in [0.2, 0.25) is 0 Å². The van der Waals surface area contributed by atoms with Gasteiger partial charge in [0.05, 0.1) is 5.56 Å². The van der Waals surface area contributed by atoms with Crippen molar-refractivity contribution in [1.82, 2.24) is 9.88 Å². The number of amides is 1. The Morgan fingerprint density at radius 3 is 2.46 bits per heavy atom. The van der Waals surface area contributed by atoms with Gasteiger partial charge in [0.15, 0.2) is 0 Å². The van der Waals surface area contributed by atoms with E-state index in [1.165, 1.54) is 12.1 Å². The van der Waals surface area contributed by atoms with Gasteiger partial charge >= 0.3 is 0 Å². The molecule has 1 amide bonds. The molecule has 0 saturated carbocycles. The standard InChI is InChI=1S/C20H25FN2O/c1-4-19(13-15(3)16-8-10-18(21)11-9-16)23(5-2)20(24)17-7-6-12-22-14-17/h6-12,14-15,19H,4-5,13H2,1-3H3/t15-,19-/m1/s1. The number of pyridine rings is 1. The summed E-state index contributed by atoms with van der Waals surface area (Å²) < 4.78 is 13.1. The molecule has 0 fully saturated rings. The Kier molecular flexibility index (Phi) is 6.47. The molecule has 0 aliphatic rings. The molecule has 0 aliphatic carbocycles. The second-order valence-corrected chi connectivity index (χ2v) is 6.08. The van der Waals surface area contributed by atoms with Crippen LogP contribution in [-0.2, 0) is 0 Å². The molecule has 0 unspecified atom stereocenters. The molecule has 1 aromatic carbocycles. The highest BCUT2D eigenvalue weighted by Crippen LogP contribution is 2.25. The normalized spacial score (nSPS) is 13.3. The number of carbonyl (C=O) groups excluding carboxylic acids is 1. The van der Waals surface area contributed by atoms with Crippen LogP contribution in [0.3, 0.4) is 0 Å². The van der Waals surface area contributed by atoms with Gasteiger partial charge in [0.25, 0.3) is 5.91 Å². The summed E-state index contributed by atoms with van der Waals surface area (Å²) in [6, 6.07) is 10.4. The first-order chi connectivity index (χ1) is 11.6. The van der Waals surface area contributed by atoms with Gasteiger partial charge in [-0.3, -0.25) is 9.78 Å². The van der Waals surface area contributed by atoms with Crippen LogP contribution in [0.25, 0.3) is 0 Å². The Balaban J connectivity index is 2.12. The highest BCUT2D eigenvalue weighted by atomic mass is 19.1. The van der Waals surface area contributed by atoms with E-state index in [2.05, 4.69) is 18.8 Å². The van der Waals surface area contributed by atoms with Crippen LogP contribution in [0.4, 0.5) is 4.39 Å². The van der Waals surface area contributed by atoms with Gasteiger partial charge in [-0.05, 0) is 55.5 Å². The van der Waals surface area contributed by atoms with Gasteiger partial charge in [-0.25, -0.2) is 4.39 Å². The van der Waals surface area contributed by atoms with Crippen molar-refractivity contribution in [3.63, 3.8) is 0 Å². The Bertz CT molecular complexity index is 642. The van der Waals surface area contributed by atoms with Gasteiger partial charge in [0, 0.05) is 25.0 Å². The summed E-state index contributed by atoms with van der Waals surface area (Å²) in [5.41, 5.74) is 1.71. The molecule has 3 nitrogen and oxygen atoms in total. The number of halogens is 1. The lowest BCUT2D eigenvalue weighted by molar-refractivity contribution is 0.0669. The number of benzene rings is 1. The highest BCUT2D eigenvalue weighted by Gasteiger charge is 2.24. The molecule has 4 heteroatoms. The molecule has 0 spiro atoms. The Morgan fingerprint density at radius 1 is 1.21 bits per heavy atom. The van der Waals surface area contributed by atoms with Gasteiger partial charge in [-0.15, -0.1) is 0 Å². The van der Waals surface area contributed by atoms with E-state index in [1.807, 2.05) is 24.0 Å². The van der Waals surface area contributed by atoms with Crippen molar-refractivity contribution in [2.24, 2.45) is 0 Å². The molecule has 1 heterocycles. The van der Waals surface area contributed by atoms with Crippen molar-refractivity contribution in [2.45, 2.75) is 45.6 Å². The Morgan fingerprint density at radius 2 is 1.92 bits per heavy atom. The average molecular weight is 328 g/mol. The summed E-state index contributed by atoms with van der Waals surface area (Å²) in [7, 11) is 0. The van der Waals surface area contributed by atoms with Crippen molar-refractivity contribution in [2.75, 3.05) is 6.54 Å². The Labute approximate surface area is 143 Å². The maximum absolute atomic E-state index is 13.1. The lowest BCUT2D eigenvalue weighted by Crippen LogP contribution is -2.40. The van der Waals surface area contributed by atoms with E-state index in [9.17, 15) is 9.18 Å². The van der Waals surface area contributed by atoms with Crippen LogP contribution in [0.5, 0.6) is 0 Å². The maximum Gasteiger partial charge on any atom is 0.255 e. The zero-order valence-electron chi connectivity index (χ0n) is 14.6. The van der Waals surface area contributed by atoms with Crippen molar-refractivity contribution in [3.05, 3.63) is 65.7 Å². The smallest absolute Gasteiger partial charge is 0.255 e. The van der Waals surface area contributed by atoms with Gasteiger partial charge in [-0.2, -0.15) is 0 Å². The maximum atomic E-state index is 13.1. The van der Waals surface area contributed by atoms with E-state index in [-0.39, 0.29) is 23.7 Å². The van der Waals surface area contributed by atoms with E-state index in [4.69, 9.17) is 0 Å². The monoisotopic (exact) mass is 328 g/mol. The fourth-order valence-corrected chi connectivity index (χ4v) is 3.07. The molecule has 0 N–H and O–H groups in total. The van der Waals surface area contributed by atoms with Crippen LogP contribution in [0, 0.1) is 5.82 Å². The van der Waals surface area contributed by atoms with Crippen LogP contribution in [0.2, 0.25) is 0 Å². The van der Waals surface area contributed by atoms with Crippen LogP contribution < -0.4 is 0 Å². The molecule has 24 heavy (non-hydrogen) atoms. The zero-order valence-corrected chi connectivity index (χ0v) is 14.6. The summed E-state index contributed by atoms with van der Waals surface area (Å²) in [6.45, 7) is 6.88. The molecule has 0 bridgehead atoms. The molecule has 0 saturated heterocycles. The summed E-state index contributed by atoms with van der Waals surface area (Å²) in [5, 5.41) is 0. The van der Waals surface area contributed by atoms with E-state index < -0.39 is 0 Å². The topological polar surface area (TPSA) is 33.2 Å². The average Bonchev–Trinajstić information content (AvgIpc) is 2.62. The highest BCUT2D eigenvalue weighted by molar-refractivity contribution is 5.94. The minimum atomic E-state index is -0.222. The number of nitrogens with zero attached hydrogens (tertiary/aromatic N) is 2. The molecule has 2 atom stereocenters. The lowest BCUT2D eigenvalue weighted by atomic mass is 9.92. The molecular weight excluding hydrogens is 303 g/mol. The molecule has 0 radical (unpaired) electrons. The number of aromatic nitrogens is 1. The largest absolute Gasteiger partial charge is 0.336 e. The number of hydrogen-bond donors (Lipinski definition) is 0. The molecule has 1 aromatic heterocycles. The van der Waals surface area contributed by atoms with Gasteiger partial charge < -0.3 is 4.90 Å². The third-order valence-electron chi connectivity index (χ3n) is 4.49. The fourth-order valence-electron chi connectivity index (χ4n) is 3.07. The number of carbonyl (C=O) groups is 1. The van der Waals surface area contributed by atoms with E-state index in [0.29, 0.717) is 12.1 Å². The zero-order chi connectivity index (χ0) is 17.5. The first-order valence-electron chi connectivity index (χ1n) is 8.53. The predicted octanol–water partition coefficient (Wildman–Crippen LogP) is 4.66. The second-order valence-electron chi connectivity index (χ2n) is 6.08. The van der Waals surface area contributed by atoms with Crippen LogP contribution in [-0.4, -0.2) is 28.4 Å². The van der Waals surface area contributed by atoms with Crippen LogP contribution in [0.15, 0.2) is 48.8 Å². The lowest BCUT2D eigenvalue weighted by Gasteiger charge is -2.32. The summed E-state index contributed by atoms with van der Waals surface area (Å²) in [5.74, 6) is 0.0509. The molecule has 2 aromatic rings. The summed E-state index contributed by atoms with van der Waals surface area (Å²) >= 11 is 0. The van der Waals surface area contributed by atoms with Crippen molar-refractivity contribution < 1.29 is 9.18 Å². The quantitative estimate of drug-likeness (QED) is 0.741. The van der Waals surface area contributed by atoms with Gasteiger partial charge in [0.1, 0.15) is 5.82 Å². The SMILES string of the molecule is CC[C@H](C[C@@H](C)c1ccc(F)cc1)N(CC)C(=O)c1cccnc1. The Hall–Kier alpha value is -2.23. The first kappa shape index (κ1) is 18.1. The number of hydrogen-bond acceptors (Lipinski definition) is 2. The fraction of sp³-hybridized carbons (Fsp3) is 0.400. The summed E-state index contributed by atoms with van der Waals surface area (Å²) in [6.07, 6.45) is 5.01. The minimum Gasteiger partial charge on any atom is -0.336 e. The molecular formula is C20H25FN2O. The first-order valence-corrected chi connectivity index (χ1v) is 8.53. The molecule has 0 aliphatic heterocycles. The van der Waals surface area contributed by atoms with Crippen molar-refractivity contribution in [1.29, 1.82) is 0 Å². The predicted molar refractivity (Wildman–Crippen MR) is 94.5 cm³/mol.